The molecule has 4 heteroatoms. The van der Waals surface area contributed by atoms with Gasteiger partial charge in [-0.05, 0) is 31.5 Å². The maximum absolute atomic E-state index is 12.8. The number of rotatable bonds is 4. The highest BCUT2D eigenvalue weighted by atomic mass is 32.1. The molecule has 2 rings (SSSR count). The van der Waals surface area contributed by atoms with E-state index < -0.39 is 0 Å². The molecule has 2 aromatic rings. The molecule has 1 heterocycles. The molecule has 1 aromatic heterocycles. The van der Waals surface area contributed by atoms with Gasteiger partial charge in [0.1, 0.15) is 5.82 Å². The lowest BCUT2D eigenvalue weighted by Crippen LogP contribution is -2.17. The topological polar surface area (TPSA) is 24.9 Å². The Labute approximate surface area is 105 Å². The second-order valence-corrected chi connectivity index (χ2v) is 5.32. The molecule has 0 aliphatic heterocycles. The van der Waals surface area contributed by atoms with Crippen molar-refractivity contribution < 1.29 is 4.39 Å². The zero-order chi connectivity index (χ0) is 12.3. The van der Waals surface area contributed by atoms with E-state index in [1.165, 1.54) is 17.0 Å². The Kier molecular flexibility index (Phi) is 3.86. The van der Waals surface area contributed by atoms with Crippen LogP contribution in [0.2, 0.25) is 0 Å². The summed E-state index contributed by atoms with van der Waals surface area (Å²) in [6, 6.07) is 6.81. The molecular weight excluding hydrogens is 235 g/mol. The molecule has 0 unspecified atom stereocenters. The number of halogens is 1. The van der Waals surface area contributed by atoms with E-state index in [0.717, 1.165) is 17.1 Å². The first-order chi connectivity index (χ1) is 8.15. The standard InChI is InChI=1S/C13H15FN2S/c1-9(11-3-5-12(14)6-4-11)15-7-13-8-16-10(2)17-13/h3-6,8-9,15H,7H2,1-2H3/t9-/m1/s1. The Hall–Kier alpha value is -1.26. The van der Waals surface area contributed by atoms with Gasteiger partial charge in [0.2, 0.25) is 0 Å². The van der Waals surface area contributed by atoms with Crippen molar-refractivity contribution in [3.8, 4) is 0 Å². The summed E-state index contributed by atoms with van der Waals surface area (Å²) in [4.78, 5) is 5.43. The first kappa shape index (κ1) is 12.2. The van der Waals surface area contributed by atoms with Crippen molar-refractivity contribution in [3.63, 3.8) is 0 Å². The van der Waals surface area contributed by atoms with Crippen LogP contribution in [0.5, 0.6) is 0 Å². The summed E-state index contributed by atoms with van der Waals surface area (Å²) in [6.07, 6.45) is 1.89. The second kappa shape index (κ2) is 5.38. The van der Waals surface area contributed by atoms with Gasteiger partial charge in [-0.15, -0.1) is 11.3 Å². The van der Waals surface area contributed by atoms with Crippen molar-refractivity contribution in [1.29, 1.82) is 0 Å². The van der Waals surface area contributed by atoms with Gasteiger partial charge in [0.25, 0.3) is 0 Å². The van der Waals surface area contributed by atoms with Crippen LogP contribution in [0.3, 0.4) is 0 Å². The highest BCUT2D eigenvalue weighted by Gasteiger charge is 2.05. The quantitative estimate of drug-likeness (QED) is 0.899. The van der Waals surface area contributed by atoms with Gasteiger partial charge in [-0.3, -0.25) is 0 Å². The summed E-state index contributed by atoms with van der Waals surface area (Å²) in [5.41, 5.74) is 1.09. The highest BCUT2D eigenvalue weighted by molar-refractivity contribution is 7.11. The molecule has 0 saturated carbocycles. The zero-order valence-electron chi connectivity index (χ0n) is 9.90. The minimum Gasteiger partial charge on any atom is -0.305 e. The molecule has 0 fully saturated rings. The van der Waals surface area contributed by atoms with Crippen LogP contribution in [0.1, 0.15) is 28.4 Å². The van der Waals surface area contributed by atoms with Gasteiger partial charge in [0, 0.05) is 23.7 Å². The van der Waals surface area contributed by atoms with E-state index >= 15 is 0 Å². The highest BCUT2D eigenvalue weighted by Crippen LogP contribution is 2.16. The smallest absolute Gasteiger partial charge is 0.123 e. The first-order valence-electron chi connectivity index (χ1n) is 5.55. The lowest BCUT2D eigenvalue weighted by Gasteiger charge is -2.13. The van der Waals surface area contributed by atoms with Crippen LogP contribution in [-0.2, 0) is 6.54 Å². The van der Waals surface area contributed by atoms with Crippen LogP contribution in [0, 0.1) is 12.7 Å². The van der Waals surface area contributed by atoms with E-state index in [1.807, 2.05) is 25.3 Å². The normalized spacial score (nSPS) is 12.6. The number of hydrogen-bond acceptors (Lipinski definition) is 3. The van der Waals surface area contributed by atoms with Gasteiger partial charge >= 0.3 is 0 Å². The fraction of sp³-hybridized carbons (Fsp3) is 0.308. The van der Waals surface area contributed by atoms with Gasteiger partial charge in [-0.1, -0.05) is 12.1 Å². The zero-order valence-corrected chi connectivity index (χ0v) is 10.7. The molecule has 1 aromatic carbocycles. The summed E-state index contributed by atoms with van der Waals surface area (Å²) in [5, 5.41) is 4.48. The Morgan fingerprint density at radius 1 is 1.35 bits per heavy atom. The molecule has 1 atom stereocenters. The van der Waals surface area contributed by atoms with E-state index in [-0.39, 0.29) is 11.9 Å². The minimum absolute atomic E-state index is 0.195. The van der Waals surface area contributed by atoms with Gasteiger partial charge in [-0.2, -0.15) is 0 Å². The lowest BCUT2D eigenvalue weighted by molar-refractivity contribution is 0.574. The van der Waals surface area contributed by atoms with E-state index in [9.17, 15) is 4.39 Å². The second-order valence-electron chi connectivity index (χ2n) is 4.00. The molecule has 0 aliphatic carbocycles. The number of hydrogen-bond donors (Lipinski definition) is 1. The van der Waals surface area contributed by atoms with Crippen molar-refractivity contribution in [2.45, 2.75) is 26.4 Å². The molecule has 0 saturated heterocycles. The molecule has 0 aliphatic rings. The number of thiazole rings is 1. The molecular formula is C13H15FN2S. The Balaban J connectivity index is 1.93. The Bertz CT molecular complexity index is 478. The van der Waals surface area contributed by atoms with Crippen LogP contribution in [0.25, 0.3) is 0 Å². The summed E-state index contributed by atoms with van der Waals surface area (Å²) < 4.78 is 12.8. The number of aromatic nitrogens is 1. The van der Waals surface area contributed by atoms with Crippen molar-refractivity contribution in [2.75, 3.05) is 0 Å². The van der Waals surface area contributed by atoms with E-state index in [1.54, 1.807) is 11.3 Å². The molecule has 0 amide bonds. The van der Waals surface area contributed by atoms with E-state index in [4.69, 9.17) is 0 Å². The van der Waals surface area contributed by atoms with Crippen LogP contribution in [-0.4, -0.2) is 4.98 Å². The molecule has 0 spiro atoms. The van der Waals surface area contributed by atoms with Gasteiger partial charge in [-0.25, -0.2) is 9.37 Å². The Morgan fingerprint density at radius 2 is 2.06 bits per heavy atom. The number of aryl methyl sites for hydroxylation is 1. The molecule has 2 nitrogen and oxygen atoms in total. The summed E-state index contributed by atoms with van der Waals surface area (Å²) in [5.74, 6) is -0.195. The molecule has 90 valence electrons. The monoisotopic (exact) mass is 250 g/mol. The van der Waals surface area contributed by atoms with Gasteiger partial charge in [0.05, 0.1) is 5.01 Å². The fourth-order valence-electron chi connectivity index (χ4n) is 1.61. The van der Waals surface area contributed by atoms with E-state index in [2.05, 4.69) is 17.2 Å². The van der Waals surface area contributed by atoms with Crippen LogP contribution < -0.4 is 5.32 Å². The summed E-state index contributed by atoms with van der Waals surface area (Å²) in [7, 11) is 0. The lowest BCUT2D eigenvalue weighted by atomic mass is 10.1. The molecule has 0 radical (unpaired) electrons. The average Bonchev–Trinajstić information content (AvgIpc) is 2.73. The third kappa shape index (κ3) is 3.35. The van der Waals surface area contributed by atoms with Crippen LogP contribution in [0.15, 0.2) is 30.5 Å². The molecule has 17 heavy (non-hydrogen) atoms. The molecule has 1 N–H and O–H groups in total. The minimum atomic E-state index is -0.195. The predicted octanol–water partition coefficient (Wildman–Crippen LogP) is 3.44. The SMILES string of the molecule is Cc1ncc(CN[C@H](C)c2ccc(F)cc2)s1. The fourth-order valence-corrected chi connectivity index (χ4v) is 2.36. The maximum Gasteiger partial charge on any atom is 0.123 e. The van der Waals surface area contributed by atoms with Crippen molar-refractivity contribution in [1.82, 2.24) is 10.3 Å². The average molecular weight is 250 g/mol. The number of nitrogens with zero attached hydrogens (tertiary/aromatic N) is 1. The van der Waals surface area contributed by atoms with Gasteiger partial charge in [0.15, 0.2) is 0 Å². The number of benzene rings is 1. The van der Waals surface area contributed by atoms with Crippen molar-refractivity contribution in [2.24, 2.45) is 0 Å². The Morgan fingerprint density at radius 3 is 2.65 bits per heavy atom. The third-order valence-corrected chi connectivity index (χ3v) is 3.53. The maximum atomic E-state index is 12.8. The van der Waals surface area contributed by atoms with E-state index in [0.29, 0.717) is 0 Å². The first-order valence-corrected chi connectivity index (χ1v) is 6.37. The predicted molar refractivity (Wildman–Crippen MR) is 68.5 cm³/mol. The largest absolute Gasteiger partial charge is 0.305 e. The summed E-state index contributed by atoms with van der Waals surface area (Å²) in [6.45, 7) is 4.86. The van der Waals surface area contributed by atoms with Gasteiger partial charge < -0.3 is 5.32 Å². The number of nitrogens with one attached hydrogen (secondary N) is 1. The van der Waals surface area contributed by atoms with Crippen molar-refractivity contribution >= 4 is 11.3 Å². The molecule has 0 bridgehead atoms. The third-order valence-electron chi connectivity index (χ3n) is 2.62. The van der Waals surface area contributed by atoms with Crippen molar-refractivity contribution in [3.05, 3.63) is 51.7 Å². The van der Waals surface area contributed by atoms with Crippen LogP contribution in [0.4, 0.5) is 4.39 Å². The summed E-state index contributed by atoms with van der Waals surface area (Å²) >= 11 is 1.69. The van der Waals surface area contributed by atoms with Crippen LogP contribution >= 0.6 is 11.3 Å².